The topological polar surface area (TPSA) is 30.7 Å². The highest BCUT2D eigenvalue weighted by atomic mass is 19.1. The van der Waals surface area contributed by atoms with Crippen molar-refractivity contribution in [1.29, 1.82) is 0 Å². The third kappa shape index (κ3) is 2.33. The first kappa shape index (κ1) is 11.7. The van der Waals surface area contributed by atoms with Crippen LogP contribution in [0.5, 0.6) is 0 Å². The molecule has 0 amide bonds. The molecule has 1 aromatic heterocycles. The number of benzene rings is 1. The molecule has 0 aliphatic carbocycles. The summed E-state index contributed by atoms with van der Waals surface area (Å²) in [6.07, 6.45) is 1.67. The molecule has 0 bridgehead atoms. The van der Waals surface area contributed by atoms with Crippen molar-refractivity contribution in [2.75, 3.05) is 0 Å². The van der Waals surface area contributed by atoms with E-state index in [9.17, 15) is 8.78 Å². The SMILES string of the molecule is CCCc1nc(C)n(-c2ccc(F)cc2F)n1. The summed E-state index contributed by atoms with van der Waals surface area (Å²) in [5, 5.41) is 4.20. The van der Waals surface area contributed by atoms with Crippen LogP contribution in [0.2, 0.25) is 0 Å². The highest BCUT2D eigenvalue weighted by Crippen LogP contribution is 2.15. The molecular weight excluding hydrogens is 224 g/mol. The summed E-state index contributed by atoms with van der Waals surface area (Å²) in [6, 6.07) is 3.41. The van der Waals surface area contributed by atoms with Crippen molar-refractivity contribution in [2.45, 2.75) is 26.7 Å². The van der Waals surface area contributed by atoms with Gasteiger partial charge in [0.15, 0.2) is 11.6 Å². The van der Waals surface area contributed by atoms with Crippen LogP contribution >= 0.6 is 0 Å². The van der Waals surface area contributed by atoms with Crippen molar-refractivity contribution < 1.29 is 8.78 Å². The average molecular weight is 237 g/mol. The Morgan fingerprint density at radius 3 is 2.71 bits per heavy atom. The summed E-state index contributed by atoms with van der Waals surface area (Å²) in [6.45, 7) is 3.77. The lowest BCUT2D eigenvalue weighted by Crippen LogP contribution is -2.03. The van der Waals surface area contributed by atoms with E-state index in [0.717, 1.165) is 18.9 Å². The van der Waals surface area contributed by atoms with Gasteiger partial charge in [0.1, 0.15) is 17.3 Å². The van der Waals surface area contributed by atoms with Crippen molar-refractivity contribution in [3.05, 3.63) is 41.5 Å². The van der Waals surface area contributed by atoms with Gasteiger partial charge in [0.25, 0.3) is 0 Å². The lowest BCUT2D eigenvalue weighted by molar-refractivity contribution is 0.571. The van der Waals surface area contributed by atoms with E-state index in [0.29, 0.717) is 11.6 Å². The van der Waals surface area contributed by atoms with E-state index in [4.69, 9.17) is 0 Å². The number of hydrogen-bond donors (Lipinski definition) is 0. The molecule has 0 N–H and O–H groups in total. The van der Waals surface area contributed by atoms with Crippen LogP contribution in [-0.2, 0) is 6.42 Å². The fourth-order valence-corrected chi connectivity index (χ4v) is 1.66. The minimum atomic E-state index is -0.638. The summed E-state index contributed by atoms with van der Waals surface area (Å²) in [7, 11) is 0. The molecule has 0 radical (unpaired) electrons. The molecular formula is C12H13F2N3. The van der Waals surface area contributed by atoms with Gasteiger partial charge in [-0.15, -0.1) is 0 Å². The first-order valence-electron chi connectivity index (χ1n) is 5.49. The molecule has 17 heavy (non-hydrogen) atoms. The van der Waals surface area contributed by atoms with Gasteiger partial charge < -0.3 is 0 Å². The van der Waals surface area contributed by atoms with Crippen LogP contribution in [0.25, 0.3) is 5.69 Å². The van der Waals surface area contributed by atoms with E-state index >= 15 is 0 Å². The van der Waals surface area contributed by atoms with Crippen LogP contribution in [0.3, 0.4) is 0 Å². The molecule has 0 aliphatic heterocycles. The second kappa shape index (κ2) is 4.61. The number of aryl methyl sites for hydroxylation is 2. The lowest BCUT2D eigenvalue weighted by Gasteiger charge is -2.03. The largest absolute Gasteiger partial charge is 0.216 e. The summed E-state index contributed by atoms with van der Waals surface area (Å²) in [4.78, 5) is 4.23. The van der Waals surface area contributed by atoms with Crippen molar-refractivity contribution in [1.82, 2.24) is 14.8 Å². The summed E-state index contributed by atoms with van der Waals surface area (Å²) >= 11 is 0. The predicted octanol–water partition coefficient (Wildman–Crippen LogP) is 2.81. The van der Waals surface area contributed by atoms with Crippen LogP contribution in [0.15, 0.2) is 18.2 Å². The Labute approximate surface area is 98.1 Å². The average Bonchev–Trinajstić information content (AvgIpc) is 2.60. The van der Waals surface area contributed by atoms with E-state index in [2.05, 4.69) is 10.1 Å². The zero-order valence-corrected chi connectivity index (χ0v) is 9.74. The first-order chi connectivity index (χ1) is 8.11. The van der Waals surface area contributed by atoms with Crippen LogP contribution in [0.4, 0.5) is 8.78 Å². The van der Waals surface area contributed by atoms with Crippen LogP contribution in [0, 0.1) is 18.6 Å². The van der Waals surface area contributed by atoms with Crippen LogP contribution < -0.4 is 0 Å². The molecule has 90 valence electrons. The summed E-state index contributed by atoms with van der Waals surface area (Å²) in [5.41, 5.74) is 0.221. The van der Waals surface area contributed by atoms with E-state index < -0.39 is 11.6 Å². The number of halogens is 2. The molecule has 0 fully saturated rings. The Hall–Kier alpha value is -1.78. The monoisotopic (exact) mass is 237 g/mol. The van der Waals surface area contributed by atoms with Gasteiger partial charge in [0.2, 0.25) is 0 Å². The van der Waals surface area contributed by atoms with E-state index in [1.54, 1.807) is 6.92 Å². The van der Waals surface area contributed by atoms with Gasteiger partial charge in [0, 0.05) is 12.5 Å². The van der Waals surface area contributed by atoms with E-state index in [1.807, 2.05) is 6.92 Å². The van der Waals surface area contributed by atoms with E-state index in [-0.39, 0.29) is 5.69 Å². The molecule has 0 spiro atoms. The minimum Gasteiger partial charge on any atom is -0.216 e. The molecule has 0 unspecified atom stereocenters. The number of rotatable bonds is 3. The molecule has 1 heterocycles. The molecule has 2 aromatic rings. The lowest BCUT2D eigenvalue weighted by atomic mass is 10.3. The van der Waals surface area contributed by atoms with Gasteiger partial charge in [-0.25, -0.2) is 18.4 Å². The maximum Gasteiger partial charge on any atom is 0.151 e. The molecule has 0 saturated heterocycles. The Morgan fingerprint density at radius 2 is 2.06 bits per heavy atom. The van der Waals surface area contributed by atoms with Crippen LogP contribution in [0.1, 0.15) is 25.0 Å². The normalized spacial score (nSPS) is 10.8. The van der Waals surface area contributed by atoms with Gasteiger partial charge in [-0.3, -0.25) is 0 Å². The molecule has 0 saturated carbocycles. The molecule has 5 heteroatoms. The van der Waals surface area contributed by atoms with Crippen molar-refractivity contribution in [3.8, 4) is 5.69 Å². The third-order valence-electron chi connectivity index (χ3n) is 2.42. The zero-order chi connectivity index (χ0) is 12.4. The Kier molecular flexibility index (Phi) is 3.17. The van der Waals surface area contributed by atoms with Gasteiger partial charge in [-0.2, -0.15) is 5.10 Å². The van der Waals surface area contributed by atoms with Crippen molar-refractivity contribution in [3.63, 3.8) is 0 Å². The van der Waals surface area contributed by atoms with E-state index in [1.165, 1.54) is 16.8 Å². The Bertz CT molecular complexity index is 535. The third-order valence-corrected chi connectivity index (χ3v) is 2.42. The fourth-order valence-electron chi connectivity index (χ4n) is 1.66. The molecule has 0 aliphatic rings. The summed E-state index contributed by atoms with van der Waals surface area (Å²) in [5.74, 6) is 0.0338. The molecule has 0 atom stereocenters. The van der Waals surface area contributed by atoms with Gasteiger partial charge >= 0.3 is 0 Å². The van der Waals surface area contributed by atoms with Gasteiger partial charge in [0.05, 0.1) is 0 Å². The molecule has 1 aromatic carbocycles. The van der Waals surface area contributed by atoms with Gasteiger partial charge in [-0.05, 0) is 25.5 Å². The highest BCUT2D eigenvalue weighted by Gasteiger charge is 2.11. The van der Waals surface area contributed by atoms with Crippen molar-refractivity contribution >= 4 is 0 Å². The summed E-state index contributed by atoms with van der Waals surface area (Å²) < 4.78 is 27.8. The Morgan fingerprint density at radius 1 is 1.29 bits per heavy atom. The maximum absolute atomic E-state index is 13.6. The fraction of sp³-hybridized carbons (Fsp3) is 0.333. The number of hydrogen-bond acceptors (Lipinski definition) is 2. The van der Waals surface area contributed by atoms with Gasteiger partial charge in [-0.1, -0.05) is 6.92 Å². The maximum atomic E-state index is 13.6. The smallest absolute Gasteiger partial charge is 0.151 e. The second-order valence-corrected chi connectivity index (χ2v) is 3.83. The quantitative estimate of drug-likeness (QED) is 0.821. The predicted molar refractivity (Wildman–Crippen MR) is 60.0 cm³/mol. The Balaban J connectivity index is 2.45. The molecule has 2 rings (SSSR count). The second-order valence-electron chi connectivity index (χ2n) is 3.83. The van der Waals surface area contributed by atoms with Crippen LogP contribution in [-0.4, -0.2) is 14.8 Å². The molecule has 3 nitrogen and oxygen atoms in total. The highest BCUT2D eigenvalue weighted by molar-refractivity contribution is 5.33. The number of aromatic nitrogens is 3. The first-order valence-corrected chi connectivity index (χ1v) is 5.49. The minimum absolute atomic E-state index is 0.221. The van der Waals surface area contributed by atoms with Crippen molar-refractivity contribution in [2.24, 2.45) is 0 Å². The number of nitrogens with zero attached hydrogens (tertiary/aromatic N) is 3. The zero-order valence-electron chi connectivity index (χ0n) is 9.74. The standard InChI is InChI=1S/C12H13F2N3/c1-3-4-12-15-8(2)17(16-12)11-6-5-9(13)7-10(11)14/h5-7H,3-4H2,1-2H3.